The second-order valence-corrected chi connectivity index (χ2v) is 5.62. The summed E-state index contributed by atoms with van der Waals surface area (Å²) in [5, 5.41) is 0. The smallest absolute Gasteiger partial charge is 0.203 e. The predicted molar refractivity (Wildman–Crippen MR) is 67.7 cm³/mol. The molecule has 0 bridgehead atoms. The highest BCUT2D eigenvalue weighted by Gasteiger charge is 2.16. The molecular weight excluding hydrogens is 256 g/mol. The maximum Gasteiger partial charge on any atom is 0.203 e. The van der Waals surface area contributed by atoms with Crippen LogP contribution in [0.3, 0.4) is 0 Å². The summed E-state index contributed by atoms with van der Waals surface area (Å²) >= 11 is 7.14. The van der Waals surface area contributed by atoms with Gasteiger partial charge in [-0.25, -0.2) is 0 Å². The molecule has 0 fully saturated rings. The summed E-state index contributed by atoms with van der Waals surface area (Å²) in [6.45, 7) is 1.25. The van der Waals surface area contributed by atoms with Gasteiger partial charge in [-0.15, -0.1) is 11.3 Å². The largest absolute Gasteiger partial charge is 0.372 e. The molecule has 1 aromatic carbocycles. The summed E-state index contributed by atoms with van der Waals surface area (Å²) < 4.78 is 5.97. The number of carbonyl (C=O) groups excluding carboxylic acids is 1. The molecule has 0 amide bonds. The zero-order valence-electron chi connectivity index (χ0n) is 8.90. The van der Waals surface area contributed by atoms with Gasteiger partial charge in [0, 0.05) is 5.56 Å². The van der Waals surface area contributed by atoms with Crippen LogP contribution < -0.4 is 0 Å². The van der Waals surface area contributed by atoms with Crippen molar-refractivity contribution >= 4 is 28.7 Å². The van der Waals surface area contributed by atoms with Crippen molar-refractivity contribution in [2.45, 2.75) is 13.2 Å². The number of carbonyl (C=O) groups is 1. The third-order valence-electron chi connectivity index (χ3n) is 2.78. The Bertz CT molecular complexity index is 589. The fraction of sp³-hybridized carbons (Fsp3) is 0.154. The Labute approximate surface area is 108 Å². The molecule has 86 valence electrons. The van der Waals surface area contributed by atoms with E-state index in [9.17, 15) is 4.79 Å². The lowest BCUT2D eigenvalue weighted by Gasteiger charge is -2.01. The molecule has 0 radical (unpaired) electrons. The number of halogens is 1. The van der Waals surface area contributed by atoms with Gasteiger partial charge in [-0.2, -0.15) is 0 Å². The van der Waals surface area contributed by atoms with Crippen LogP contribution >= 0.6 is 22.9 Å². The zero-order valence-corrected chi connectivity index (χ0v) is 10.5. The van der Waals surface area contributed by atoms with Crippen molar-refractivity contribution in [3.8, 4) is 0 Å². The minimum absolute atomic E-state index is 0.0246. The second kappa shape index (κ2) is 4.26. The molecule has 4 heteroatoms. The average molecular weight is 265 g/mol. The van der Waals surface area contributed by atoms with Crippen molar-refractivity contribution in [2.24, 2.45) is 0 Å². The van der Waals surface area contributed by atoms with E-state index >= 15 is 0 Å². The Hall–Kier alpha value is -1.16. The van der Waals surface area contributed by atoms with Crippen LogP contribution in [0.1, 0.15) is 26.4 Å². The summed E-state index contributed by atoms with van der Waals surface area (Å²) in [6.07, 6.45) is 0. The van der Waals surface area contributed by atoms with Crippen LogP contribution in [-0.2, 0) is 18.0 Å². The SMILES string of the molecule is O=C(c1ccc2c(c1)COC2)c1ccc(Cl)s1. The van der Waals surface area contributed by atoms with Gasteiger partial charge in [0.25, 0.3) is 0 Å². The third kappa shape index (κ3) is 2.02. The normalized spacial score (nSPS) is 13.7. The monoisotopic (exact) mass is 264 g/mol. The fourth-order valence-corrected chi connectivity index (χ4v) is 2.90. The third-order valence-corrected chi connectivity index (χ3v) is 4.01. The highest BCUT2D eigenvalue weighted by atomic mass is 35.5. The van der Waals surface area contributed by atoms with Gasteiger partial charge >= 0.3 is 0 Å². The lowest BCUT2D eigenvalue weighted by atomic mass is 10.0. The Morgan fingerprint density at radius 1 is 1.18 bits per heavy atom. The molecule has 3 rings (SSSR count). The van der Waals surface area contributed by atoms with Gasteiger partial charge < -0.3 is 4.74 Å². The van der Waals surface area contributed by atoms with E-state index in [1.807, 2.05) is 18.2 Å². The summed E-state index contributed by atoms with van der Waals surface area (Å²) in [6, 6.07) is 9.24. The Balaban J connectivity index is 1.97. The summed E-state index contributed by atoms with van der Waals surface area (Å²) in [4.78, 5) is 12.8. The van der Waals surface area contributed by atoms with E-state index in [-0.39, 0.29) is 5.78 Å². The van der Waals surface area contributed by atoms with Crippen molar-refractivity contribution in [3.05, 3.63) is 56.2 Å². The van der Waals surface area contributed by atoms with Gasteiger partial charge in [0.05, 0.1) is 22.4 Å². The lowest BCUT2D eigenvalue weighted by molar-refractivity contribution is 0.104. The number of hydrogen-bond acceptors (Lipinski definition) is 3. The molecular formula is C13H9ClO2S. The summed E-state index contributed by atoms with van der Waals surface area (Å²) in [7, 11) is 0. The van der Waals surface area contributed by atoms with Crippen LogP contribution in [0.4, 0.5) is 0 Å². The Kier molecular flexibility index (Phi) is 2.74. The first-order valence-corrected chi connectivity index (χ1v) is 6.43. The summed E-state index contributed by atoms with van der Waals surface area (Å²) in [5.74, 6) is 0.0246. The number of thiophene rings is 1. The molecule has 0 aliphatic carbocycles. The van der Waals surface area contributed by atoms with Crippen molar-refractivity contribution in [2.75, 3.05) is 0 Å². The van der Waals surface area contributed by atoms with Gasteiger partial charge in [-0.3, -0.25) is 4.79 Å². The number of ketones is 1. The molecule has 17 heavy (non-hydrogen) atoms. The first kappa shape index (κ1) is 11.0. The van der Waals surface area contributed by atoms with Crippen LogP contribution in [-0.4, -0.2) is 5.78 Å². The van der Waals surface area contributed by atoms with E-state index in [0.717, 1.165) is 5.56 Å². The molecule has 0 atom stereocenters. The summed E-state index contributed by atoms with van der Waals surface area (Å²) in [5.41, 5.74) is 2.98. The van der Waals surface area contributed by atoms with E-state index in [1.54, 1.807) is 12.1 Å². The molecule has 1 aliphatic rings. The number of rotatable bonds is 2. The fourth-order valence-electron chi connectivity index (χ4n) is 1.89. The van der Waals surface area contributed by atoms with E-state index in [1.165, 1.54) is 16.9 Å². The molecule has 1 aromatic heterocycles. The molecule has 0 unspecified atom stereocenters. The molecule has 2 aromatic rings. The van der Waals surface area contributed by atoms with Crippen LogP contribution in [0.15, 0.2) is 30.3 Å². The maximum absolute atomic E-state index is 12.2. The van der Waals surface area contributed by atoms with E-state index in [4.69, 9.17) is 16.3 Å². The van der Waals surface area contributed by atoms with E-state index in [0.29, 0.717) is 28.0 Å². The highest BCUT2D eigenvalue weighted by Crippen LogP contribution is 2.26. The van der Waals surface area contributed by atoms with Crippen LogP contribution in [0.5, 0.6) is 0 Å². The average Bonchev–Trinajstić information content (AvgIpc) is 2.95. The number of ether oxygens (including phenoxy) is 1. The van der Waals surface area contributed by atoms with Crippen molar-refractivity contribution in [1.82, 2.24) is 0 Å². The van der Waals surface area contributed by atoms with Gasteiger partial charge in [0.1, 0.15) is 0 Å². The van der Waals surface area contributed by atoms with Gasteiger partial charge in [0.15, 0.2) is 0 Å². The standard InChI is InChI=1S/C13H9ClO2S/c14-12-4-3-11(17-12)13(15)8-1-2-9-6-16-7-10(9)5-8/h1-5H,6-7H2. The first-order chi connectivity index (χ1) is 8.24. The van der Waals surface area contributed by atoms with Gasteiger partial charge in [-0.1, -0.05) is 23.7 Å². The highest BCUT2D eigenvalue weighted by molar-refractivity contribution is 7.18. The maximum atomic E-state index is 12.2. The quantitative estimate of drug-likeness (QED) is 0.774. The zero-order chi connectivity index (χ0) is 11.8. The topological polar surface area (TPSA) is 26.3 Å². The first-order valence-electron chi connectivity index (χ1n) is 5.23. The van der Waals surface area contributed by atoms with E-state index in [2.05, 4.69) is 0 Å². The van der Waals surface area contributed by atoms with Crippen LogP contribution in [0, 0.1) is 0 Å². The minimum atomic E-state index is 0.0246. The van der Waals surface area contributed by atoms with Crippen molar-refractivity contribution in [1.29, 1.82) is 0 Å². The number of benzene rings is 1. The Morgan fingerprint density at radius 2 is 2.00 bits per heavy atom. The van der Waals surface area contributed by atoms with Crippen molar-refractivity contribution < 1.29 is 9.53 Å². The molecule has 0 spiro atoms. The molecule has 0 N–H and O–H groups in total. The van der Waals surface area contributed by atoms with Crippen molar-refractivity contribution in [3.63, 3.8) is 0 Å². The molecule has 1 aliphatic heterocycles. The van der Waals surface area contributed by atoms with Gasteiger partial charge in [0.2, 0.25) is 5.78 Å². The number of fused-ring (bicyclic) bond motifs is 1. The Morgan fingerprint density at radius 3 is 2.76 bits per heavy atom. The van der Waals surface area contributed by atoms with Crippen LogP contribution in [0.25, 0.3) is 0 Å². The molecule has 0 saturated carbocycles. The molecule has 2 nitrogen and oxygen atoms in total. The second-order valence-electron chi connectivity index (χ2n) is 3.91. The minimum Gasteiger partial charge on any atom is -0.372 e. The lowest BCUT2D eigenvalue weighted by Crippen LogP contribution is -1.99. The van der Waals surface area contributed by atoms with Gasteiger partial charge in [-0.05, 0) is 29.3 Å². The van der Waals surface area contributed by atoms with E-state index < -0.39 is 0 Å². The molecule has 2 heterocycles. The molecule has 0 saturated heterocycles. The number of hydrogen-bond donors (Lipinski definition) is 0. The van der Waals surface area contributed by atoms with Crippen LogP contribution in [0.2, 0.25) is 4.34 Å². The predicted octanol–water partition coefficient (Wildman–Crippen LogP) is 3.66.